The lowest BCUT2D eigenvalue weighted by Gasteiger charge is -2.36. The number of hydrogen-bond donors (Lipinski definition) is 1. The number of likely N-dealkylation sites (tertiary alicyclic amines) is 1. The average Bonchev–Trinajstić information content (AvgIpc) is 3.19. The van der Waals surface area contributed by atoms with Crippen molar-refractivity contribution in [2.24, 2.45) is 0 Å². The standard InChI is InChI=1S/C25H25N3O4/c29-23(15-28-13-11-25(12-14-28)17-26-24(30)32-25)19-6-9-21(10-7-19)31-16-20-8-5-18-3-1-2-4-22(18)27-20/h1-10H,11-17H2,(H,26,30). The van der Waals surface area contributed by atoms with E-state index < -0.39 is 5.60 Å². The number of alkyl carbamates (subject to hydrolysis) is 1. The lowest BCUT2D eigenvalue weighted by atomic mass is 9.91. The van der Waals surface area contributed by atoms with Gasteiger partial charge >= 0.3 is 6.09 Å². The Balaban J connectivity index is 1.13. The van der Waals surface area contributed by atoms with Crippen molar-refractivity contribution in [1.29, 1.82) is 0 Å². The van der Waals surface area contributed by atoms with Crippen LogP contribution in [0.4, 0.5) is 4.79 Å². The van der Waals surface area contributed by atoms with Crippen LogP contribution in [0.5, 0.6) is 5.75 Å². The van der Waals surface area contributed by atoms with Crippen LogP contribution in [0.25, 0.3) is 10.9 Å². The molecule has 0 bridgehead atoms. The zero-order chi connectivity index (χ0) is 22.0. The van der Waals surface area contributed by atoms with Crippen molar-refractivity contribution >= 4 is 22.8 Å². The Hall–Kier alpha value is -3.45. The van der Waals surface area contributed by atoms with Gasteiger partial charge in [0.15, 0.2) is 5.78 Å². The zero-order valence-corrected chi connectivity index (χ0v) is 17.8. The van der Waals surface area contributed by atoms with Crippen LogP contribution in [-0.4, -0.2) is 53.5 Å². The Morgan fingerprint density at radius 2 is 1.84 bits per heavy atom. The van der Waals surface area contributed by atoms with Crippen LogP contribution < -0.4 is 10.1 Å². The van der Waals surface area contributed by atoms with Crippen LogP contribution >= 0.6 is 0 Å². The van der Waals surface area contributed by atoms with E-state index in [1.807, 2.05) is 48.5 Å². The monoisotopic (exact) mass is 431 g/mol. The van der Waals surface area contributed by atoms with Gasteiger partial charge in [-0.25, -0.2) is 9.78 Å². The van der Waals surface area contributed by atoms with Gasteiger partial charge in [0.05, 0.1) is 24.3 Å². The fourth-order valence-corrected chi connectivity index (χ4v) is 4.28. The van der Waals surface area contributed by atoms with Gasteiger partial charge < -0.3 is 14.8 Å². The zero-order valence-electron chi connectivity index (χ0n) is 17.8. The van der Waals surface area contributed by atoms with Crippen LogP contribution in [0.2, 0.25) is 0 Å². The second kappa shape index (κ2) is 8.59. The first kappa shape index (κ1) is 20.5. The van der Waals surface area contributed by atoms with E-state index in [1.54, 1.807) is 12.1 Å². The molecule has 5 rings (SSSR count). The van der Waals surface area contributed by atoms with Crippen LogP contribution in [0, 0.1) is 0 Å². The first-order valence-corrected chi connectivity index (χ1v) is 10.9. The highest BCUT2D eigenvalue weighted by Crippen LogP contribution is 2.29. The first-order chi connectivity index (χ1) is 15.6. The molecule has 0 radical (unpaired) electrons. The summed E-state index contributed by atoms with van der Waals surface area (Å²) in [5, 5.41) is 3.83. The van der Waals surface area contributed by atoms with E-state index in [9.17, 15) is 9.59 Å². The van der Waals surface area contributed by atoms with Gasteiger partial charge in [0.25, 0.3) is 0 Å². The van der Waals surface area contributed by atoms with Crippen molar-refractivity contribution in [2.75, 3.05) is 26.2 Å². The Bertz CT molecular complexity index is 1140. The van der Waals surface area contributed by atoms with Crippen LogP contribution in [-0.2, 0) is 11.3 Å². The number of aromatic nitrogens is 1. The largest absolute Gasteiger partial charge is 0.487 e. The summed E-state index contributed by atoms with van der Waals surface area (Å²) in [6.45, 7) is 2.76. The SMILES string of the molecule is O=C1NCC2(CCN(CC(=O)c3ccc(OCc4ccc5ccccc5n4)cc3)CC2)O1. The summed E-state index contributed by atoms with van der Waals surface area (Å²) >= 11 is 0. The highest BCUT2D eigenvalue weighted by atomic mass is 16.6. The minimum atomic E-state index is -0.393. The molecule has 0 atom stereocenters. The Labute approximate surface area is 186 Å². The Kier molecular flexibility index (Phi) is 5.49. The quantitative estimate of drug-likeness (QED) is 0.601. The molecule has 2 aromatic carbocycles. The molecule has 2 saturated heterocycles. The molecule has 3 heterocycles. The van der Waals surface area contributed by atoms with Gasteiger partial charge in [0, 0.05) is 36.9 Å². The second-order valence-electron chi connectivity index (χ2n) is 8.43. The topological polar surface area (TPSA) is 80.8 Å². The third-order valence-corrected chi connectivity index (χ3v) is 6.22. The number of ketones is 1. The smallest absolute Gasteiger partial charge is 0.407 e. The molecule has 1 spiro atoms. The van der Waals surface area contributed by atoms with Crippen LogP contribution in [0.3, 0.4) is 0 Å². The number of para-hydroxylation sites is 1. The number of benzene rings is 2. The van der Waals surface area contributed by atoms with E-state index in [-0.39, 0.29) is 11.9 Å². The number of carbonyl (C=O) groups is 2. The highest BCUT2D eigenvalue weighted by Gasteiger charge is 2.42. The predicted molar refractivity (Wildman–Crippen MR) is 120 cm³/mol. The number of rotatable bonds is 6. The molecule has 7 heteroatoms. The van der Waals surface area contributed by atoms with Crippen molar-refractivity contribution in [1.82, 2.24) is 15.2 Å². The molecule has 32 heavy (non-hydrogen) atoms. The van der Waals surface area contributed by atoms with Gasteiger partial charge in [-0.3, -0.25) is 9.69 Å². The van der Waals surface area contributed by atoms with Gasteiger partial charge in [0.1, 0.15) is 18.0 Å². The molecule has 2 aliphatic heterocycles. The number of fused-ring (bicyclic) bond motifs is 1. The molecule has 1 aromatic heterocycles. The van der Waals surface area contributed by atoms with Crippen molar-refractivity contribution in [3.8, 4) is 5.75 Å². The van der Waals surface area contributed by atoms with Crippen molar-refractivity contribution in [3.63, 3.8) is 0 Å². The van der Waals surface area contributed by atoms with Crippen molar-refractivity contribution in [2.45, 2.75) is 25.0 Å². The summed E-state index contributed by atoms with van der Waals surface area (Å²) in [6, 6.07) is 19.2. The highest BCUT2D eigenvalue weighted by molar-refractivity contribution is 5.97. The molecule has 2 fully saturated rings. The van der Waals surface area contributed by atoms with E-state index in [1.165, 1.54) is 0 Å². The van der Waals surface area contributed by atoms with Crippen LogP contribution in [0.15, 0.2) is 60.7 Å². The van der Waals surface area contributed by atoms with Crippen LogP contribution in [0.1, 0.15) is 28.9 Å². The van der Waals surface area contributed by atoms with Gasteiger partial charge in [-0.05, 0) is 36.4 Å². The fraction of sp³-hybridized carbons (Fsp3) is 0.320. The Morgan fingerprint density at radius 1 is 1.06 bits per heavy atom. The molecule has 0 aliphatic carbocycles. The number of ether oxygens (including phenoxy) is 2. The summed E-state index contributed by atoms with van der Waals surface area (Å²) in [5.74, 6) is 0.775. The van der Waals surface area contributed by atoms with E-state index in [2.05, 4.69) is 15.2 Å². The van der Waals surface area contributed by atoms with E-state index in [0.717, 1.165) is 42.5 Å². The lowest BCUT2D eigenvalue weighted by molar-refractivity contribution is 0.00172. The van der Waals surface area contributed by atoms with Gasteiger partial charge in [-0.1, -0.05) is 24.3 Å². The third kappa shape index (κ3) is 4.43. The number of nitrogens with one attached hydrogen (secondary N) is 1. The summed E-state index contributed by atoms with van der Waals surface area (Å²) in [4.78, 5) is 30.8. The minimum Gasteiger partial charge on any atom is -0.487 e. The maximum Gasteiger partial charge on any atom is 0.407 e. The van der Waals surface area contributed by atoms with E-state index in [0.29, 0.717) is 31.0 Å². The number of hydrogen-bond acceptors (Lipinski definition) is 6. The number of carbonyl (C=O) groups excluding carboxylic acids is 2. The maximum absolute atomic E-state index is 12.7. The molecule has 0 saturated carbocycles. The molecule has 0 unspecified atom stereocenters. The maximum atomic E-state index is 12.7. The lowest BCUT2D eigenvalue weighted by Crippen LogP contribution is -2.47. The number of amides is 1. The molecule has 3 aromatic rings. The molecule has 2 aliphatic rings. The normalized spacial score (nSPS) is 17.8. The number of Topliss-reactive ketones (excluding diaryl/α,β-unsaturated/α-hetero) is 1. The fourth-order valence-electron chi connectivity index (χ4n) is 4.28. The summed E-state index contributed by atoms with van der Waals surface area (Å²) in [5.41, 5.74) is 2.07. The third-order valence-electron chi connectivity index (χ3n) is 6.22. The summed E-state index contributed by atoms with van der Waals surface area (Å²) in [6.07, 6.45) is 1.15. The first-order valence-electron chi connectivity index (χ1n) is 10.9. The Morgan fingerprint density at radius 3 is 2.59 bits per heavy atom. The molecule has 1 N–H and O–H groups in total. The number of pyridine rings is 1. The van der Waals surface area contributed by atoms with Crippen molar-refractivity contribution < 1.29 is 19.1 Å². The van der Waals surface area contributed by atoms with E-state index >= 15 is 0 Å². The second-order valence-corrected chi connectivity index (χ2v) is 8.43. The molecule has 164 valence electrons. The van der Waals surface area contributed by atoms with Crippen molar-refractivity contribution in [3.05, 3.63) is 71.9 Å². The van der Waals surface area contributed by atoms with Gasteiger partial charge in [-0.15, -0.1) is 0 Å². The molecule has 7 nitrogen and oxygen atoms in total. The summed E-state index contributed by atoms with van der Waals surface area (Å²) < 4.78 is 11.3. The van der Waals surface area contributed by atoms with E-state index in [4.69, 9.17) is 9.47 Å². The predicted octanol–water partition coefficient (Wildman–Crippen LogP) is 3.57. The molecular formula is C25H25N3O4. The molecule has 1 amide bonds. The minimum absolute atomic E-state index is 0.0743. The summed E-state index contributed by atoms with van der Waals surface area (Å²) in [7, 11) is 0. The number of nitrogens with zero attached hydrogens (tertiary/aromatic N) is 2. The van der Waals surface area contributed by atoms with Gasteiger partial charge in [-0.2, -0.15) is 0 Å². The average molecular weight is 431 g/mol. The van der Waals surface area contributed by atoms with Gasteiger partial charge in [0.2, 0.25) is 0 Å². The number of piperidine rings is 1. The molecular weight excluding hydrogens is 406 g/mol.